The molecule has 3 heteroatoms. The van der Waals surface area contributed by atoms with Crippen molar-refractivity contribution in [3.63, 3.8) is 0 Å². The maximum atomic E-state index is 12.9. The molecule has 0 aliphatic heterocycles. The third-order valence-electron chi connectivity index (χ3n) is 3.50. The van der Waals surface area contributed by atoms with Crippen molar-refractivity contribution in [3.8, 4) is 6.07 Å². The third-order valence-corrected chi connectivity index (χ3v) is 3.50. The lowest BCUT2D eigenvalue weighted by molar-refractivity contribution is 0.627. The Balaban J connectivity index is 2.47. The number of hydrogen-bond acceptors (Lipinski definition) is 1. The highest BCUT2D eigenvalue weighted by Gasteiger charge is 2.08. The van der Waals surface area contributed by atoms with Crippen LogP contribution in [0.4, 0.5) is 4.39 Å². The zero-order valence-electron chi connectivity index (χ0n) is 11.9. The fourth-order valence-electron chi connectivity index (χ4n) is 2.43. The van der Waals surface area contributed by atoms with Gasteiger partial charge < -0.3 is 4.57 Å². The van der Waals surface area contributed by atoms with Crippen LogP contribution in [0.5, 0.6) is 0 Å². The van der Waals surface area contributed by atoms with Crippen molar-refractivity contribution in [3.05, 3.63) is 58.7 Å². The fraction of sp³-hybridized carbons (Fsp3) is 0.235. The van der Waals surface area contributed by atoms with Crippen molar-refractivity contribution in [1.82, 2.24) is 4.57 Å². The Hall–Kier alpha value is -2.34. The molecule has 2 rings (SSSR count). The molecule has 0 bridgehead atoms. The standard InChI is InChI=1S/C17H17FN2/c1-4-20-12(2)9-15(13(20)3)10-16(11-19)14-5-7-17(18)8-6-14/h5-10H,4H2,1-3H3/b16-10-. The Kier molecular flexibility index (Phi) is 4.05. The molecule has 102 valence electrons. The van der Waals surface area contributed by atoms with Crippen molar-refractivity contribution in [2.75, 3.05) is 0 Å². The van der Waals surface area contributed by atoms with Crippen LogP contribution in [0, 0.1) is 31.0 Å². The zero-order valence-corrected chi connectivity index (χ0v) is 11.9. The molecule has 0 spiro atoms. The Labute approximate surface area is 118 Å². The predicted molar refractivity (Wildman–Crippen MR) is 79.5 cm³/mol. The van der Waals surface area contributed by atoms with Gasteiger partial charge in [0.25, 0.3) is 0 Å². The number of rotatable bonds is 3. The smallest absolute Gasteiger partial charge is 0.123 e. The van der Waals surface area contributed by atoms with Gasteiger partial charge in [0.05, 0.1) is 11.6 Å². The molecular formula is C17H17FN2. The summed E-state index contributed by atoms with van der Waals surface area (Å²) >= 11 is 0. The van der Waals surface area contributed by atoms with Crippen LogP contribution in [-0.2, 0) is 6.54 Å². The molecule has 0 saturated carbocycles. The van der Waals surface area contributed by atoms with Gasteiger partial charge in [0.15, 0.2) is 0 Å². The molecule has 0 fully saturated rings. The Morgan fingerprint density at radius 3 is 2.45 bits per heavy atom. The Bertz CT molecular complexity index is 685. The number of allylic oxidation sites excluding steroid dienone is 1. The lowest BCUT2D eigenvalue weighted by atomic mass is 10.0. The molecule has 2 aromatic rings. The summed E-state index contributed by atoms with van der Waals surface area (Å²) in [5, 5.41) is 9.32. The average molecular weight is 268 g/mol. The van der Waals surface area contributed by atoms with E-state index in [0.717, 1.165) is 23.4 Å². The van der Waals surface area contributed by atoms with E-state index in [0.29, 0.717) is 5.57 Å². The van der Waals surface area contributed by atoms with Crippen molar-refractivity contribution in [1.29, 1.82) is 5.26 Å². The number of nitrogens with zero attached hydrogens (tertiary/aromatic N) is 2. The SMILES string of the molecule is CCn1c(C)cc(/C=C(/C#N)c2ccc(F)cc2)c1C. The van der Waals surface area contributed by atoms with Gasteiger partial charge >= 0.3 is 0 Å². The number of benzene rings is 1. The highest BCUT2D eigenvalue weighted by molar-refractivity contribution is 5.90. The van der Waals surface area contributed by atoms with Gasteiger partial charge in [-0.3, -0.25) is 0 Å². The van der Waals surface area contributed by atoms with Crippen molar-refractivity contribution in [2.24, 2.45) is 0 Å². The average Bonchev–Trinajstić information content (AvgIpc) is 2.71. The lowest BCUT2D eigenvalue weighted by Gasteiger charge is -2.05. The van der Waals surface area contributed by atoms with Crippen LogP contribution in [0.1, 0.15) is 29.4 Å². The molecule has 1 heterocycles. The van der Waals surface area contributed by atoms with Crippen LogP contribution >= 0.6 is 0 Å². The maximum absolute atomic E-state index is 12.9. The quantitative estimate of drug-likeness (QED) is 0.762. The van der Waals surface area contributed by atoms with Gasteiger partial charge in [-0.2, -0.15) is 5.26 Å². The van der Waals surface area contributed by atoms with E-state index in [9.17, 15) is 9.65 Å². The molecule has 0 amide bonds. The second-order valence-electron chi connectivity index (χ2n) is 4.75. The number of aryl methyl sites for hydroxylation is 1. The third kappa shape index (κ3) is 2.65. The Morgan fingerprint density at radius 1 is 1.30 bits per heavy atom. The van der Waals surface area contributed by atoms with Gasteiger partial charge in [-0.15, -0.1) is 0 Å². The second kappa shape index (κ2) is 5.75. The predicted octanol–water partition coefficient (Wildman–Crippen LogP) is 4.33. The largest absolute Gasteiger partial charge is 0.349 e. The van der Waals surface area contributed by atoms with E-state index in [2.05, 4.69) is 30.6 Å². The molecule has 0 radical (unpaired) electrons. The van der Waals surface area contributed by atoms with Gasteiger partial charge in [-0.1, -0.05) is 12.1 Å². The molecule has 0 saturated heterocycles. The number of nitriles is 1. The van der Waals surface area contributed by atoms with Crippen LogP contribution < -0.4 is 0 Å². The molecule has 0 aliphatic rings. The van der Waals surface area contributed by atoms with Gasteiger partial charge in [-0.25, -0.2) is 4.39 Å². The molecule has 20 heavy (non-hydrogen) atoms. The fourth-order valence-corrected chi connectivity index (χ4v) is 2.43. The summed E-state index contributed by atoms with van der Waals surface area (Å²) in [6, 6.07) is 10.3. The van der Waals surface area contributed by atoms with Gasteiger partial charge in [-0.05, 0) is 56.2 Å². The van der Waals surface area contributed by atoms with E-state index < -0.39 is 0 Å². The summed E-state index contributed by atoms with van der Waals surface area (Å²) in [7, 11) is 0. The molecule has 0 unspecified atom stereocenters. The van der Waals surface area contributed by atoms with Crippen molar-refractivity contribution >= 4 is 11.6 Å². The summed E-state index contributed by atoms with van der Waals surface area (Å²) in [5.74, 6) is -0.296. The number of aromatic nitrogens is 1. The summed E-state index contributed by atoms with van der Waals surface area (Å²) in [6.45, 7) is 7.10. The van der Waals surface area contributed by atoms with Gasteiger partial charge in [0.1, 0.15) is 5.82 Å². The number of halogens is 1. The summed E-state index contributed by atoms with van der Waals surface area (Å²) in [5.41, 5.74) is 4.62. The monoisotopic (exact) mass is 268 g/mol. The summed E-state index contributed by atoms with van der Waals surface area (Å²) < 4.78 is 15.1. The maximum Gasteiger partial charge on any atom is 0.123 e. The van der Waals surface area contributed by atoms with Crippen LogP contribution in [0.2, 0.25) is 0 Å². The van der Waals surface area contributed by atoms with Crippen molar-refractivity contribution in [2.45, 2.75) is 27.3 Å². The zero-order chi connectivity index (χ0) is 14.7. The second-order valence-corrected chi connectivity index (χ2v) is 4.75. The highest BCUT2D eigenvalue weighted by atomic mass is 19.1. The topological polar surface area (TPSA) is 28.7 Å². The van der Waals surface area contributed by atoms with Crippen LogP contribution in [0.15, 0.2) is 30.3 Å². The first-order valence-electron chi connectivity index (χ1n) is 6.61. The van der Waals surface area contributed by atoms with Crippen LogP contribution in [0.3, 0.4) is 0 Å². The summed E-state index contributed by atoms with van der Waals surface area (Å²) in [4.78, 5) is 0. The van der Waals surface area contributed by atoms with E-state index in [-0.39, 0.29) is 5.82 Å². The molecule has 0 aliphatic carbocycles. The molecule has 0 atom stereocenters. The summed E-state index contributed by atoms with van der Waals surface area (Å²) in [6.07, 6.45) is 1.86. The van der Waals surface area contributed by atoms with Crippen LogP contribution in [0.25, 0.3) is 11.6 Å². The molecule has 1 aromatic heterocycles. The van der Waals surface area contributed by atoms with E-state index in [1.54, 1.807) is 12.1 Å². The Morgan fingerprint density at radius 2 is 1.95 bits per heavy atom. The minimum Gasteiger partial charge on any atom is -0.349 e. The number of hydrogen-bond donors (Lipinski definition) is 0. The minimum atomic E-state index is -0.296. The minimum absolute atomic E-state index is 0.296. The first-order valence-corrected chi connectivity index (χ1v) is 6.61. The lowest BCUT2D eigenvalue weighted by Crippen LogP contribution is -1.98. The highest BCUT2D eigenvalue weighted by Crippen LogP contribution is 2.22. The van der Waals surface area contributed by atoms with E-state index in [4.69, 9.17) is 0 Å². The molecule has 0 N–H and O–H groups in total. The normalized spacial score (nSPS) is 11.4. The van der Waals surface area contributed by atoms with Gasteiger partial charge in [0.2, 0.25) is 0 Å². The van der Waals surface area contributed by atoms with Crippen LogP contribution in [-0.4, -0.2) is 4.57 Å². The molecule has 1 aromatic carbocycles. The van der Waals surface area contributed by atoms with E-state index in [1.807, 2.05) is 13.0 Å². The molecular weight excluding hydrogens is 251 g/mol. The van der Waals surface area contributed by atoms with Crippen molar-refractivity contribution < 1.29 is 4.39 Å². The molecule has 2 nitrogen and oxygen atoms in total. The van der Waals surface area contributed by atoms with E-state index in [1.165, 1.54) is 17.8 Å². The first-order chi connectivity index (χ1) is 9.56. The first kappa shape index (κ1) is 14.1. The van der Waals surface area contributed by atoms with Gasteiger partial charge in [0, 0.05) is 17.9 Å². The van der Waals surface area contributed by atoms with E-state index >= 15 is 0 Å².